The standard InChI is InChI=1S/C19H21N5O3/c25-17(20-11-14-7-4-10-27-14)9-8-16-22-18-15(19(26)23-16)12-21-24(18)13-5-2-1-3-6-13/h1-3,5-6,12,14H,4,7-11H2,(H,20,25)(H,22,23,26)/t14-/m1/s1. The fraction of sp³-hybridized carbons (Fsp3) is 0.368. The maximum absolute atomic E-state index is 12.3. The van der Waals surface area contributed by atoms with E-state index in [1.54, 1.807) is 4.68 Å². The van der Waals surface area contributed by atoms with Gasteiger partial charge in [0.05, 0.1) is 18.0 Å². The molecule has 0 aliphatic carbocycles. The van der Waals surface area contributed by atoms with Gasteiger partial charge in [-0.3, -0.25) is 9.59 Å². The van der Waals surface area contributed by atoms with E-state index < -0.39 is 0 Å². The van der Waals surface area contributed by atoms with Gasteiger partial charge < -0.3 is 15.0 Å². The van der Waals surface area contributed by atoms with E-state index in [4.69, 9.17) is 4.74 Å². The Hall–Kier alpha value is -3.00. The van der Waals surface area contributed by atoms with Crippen LogP contribution in [0.5, 0.6) is 0 Å². The maximum atomic E-state index is 12.3. The number of benzene rings is 1. The number of para-hydroxylation sites is 1. The normalized spacial score (nSPS) is 16.7. The fourth-order valence-electron chi connectivity index (χ4n) is 3.19. The number of rotatable bonds is 6. The molecule has 1 saturated heterocycles. The van der Waals surface area contributed by atoms with Crippen LogP contribution in [-0.2, 0) is 16.0 Å². The summed E-state index contributed by atoms with van der Waals surface area (Å²) in [6.45, 7) is 1.30. The van der Waals surface area contributed by atoms with Crippen LogP contribution < -0.4 is 10.9 Å². The summed E-state index contributed by atoms with van der Waals surface area (Å²) >= 11 is 0. The largest absolute Gasteiger partial charge is 0.376 e. The number of carbonyl (C=O) groups is 1. The number of nitrogens with one attached hydrogen (secondary N) is 2. The van der Waals surface area contributed by atoms with E-state index in [0.717, 1.165) is 25.1 Å². The van der Waals surface area contributed by atoms with Crippen LogP contribution in [0.4, 0.5) is 0 Å². The minimum atomic E-state index is -0.253. The Morgan fingerprint density at radius 3 is 2.96 bits per heavy atom. The summed E-state index contributed by atoms with van der Waals surface area (Å²) in [6, 6.07) is 9.50. The molecule has 27 heavy (non-hydrogen) atoms. The molecular formula is C19H21N5O3. The van der Waals surface area contributed by atoms with E-state index in [-0.39, 0.29) is 24.0 Å². The number of hydrogen-bond acceptors (Lipinski definition) is 5. The van der Waals surface area contributed by atoms with Crippen molar-refractivity contribution in [3.05, 3.63) is 52.7 Å². The number of hydrogen-bond donors (Lipinski definition) is 2. The molecule has 0 bridgehead atoms. The fourth-order valence-corrected chi connectivity index (χ4v) is 3.19. The molecular weight excluding hydrogens is 346 g/mol. The number of aromatic nitrogens is 4. The molecule has 1 aromatic carbocycles. The molecule has 1 aliphatic heterocycles. The summed E-state index contributed by atoms with van der Waals surface area (Å²) < 4.78 is 7.12. The lowest BCUT2D eigenvalue weighted by molar-refractivity contribution is -0.121. The van der Waals surface area contributed by atoms with Crippen molar-refractivity contribution in [1.82, 2.24) is 25.1 Å². The van der Waals surface area contributed by atoms with Crippen LogP contribution in [0, 0.1) is 0 Å². The summed E-state index contributed by atoms with van der Waals surface area (Å²) in [7, 11) is 0. The van der Waals surface area contributed by atoms with Crippen LogP contribution in [0.2, 0.25) is 0 Å². The van der Waals surface area contributed by atoms with E-state index in [0.29, 0.717) is 29.8 Å². The van der Waals surface area contributed by atoms with Gasteiger partial charge in [0, 0.05) is 26.0 Å². The highest BCUT2D eigenvalue weighted by atomic mass is 16.5. The summed E-state index contributed by atoms with van der Waals surface area (Å²) in [5.41, 5.74) is 1.06. The van der Waals surface area contributed by atoms with E-state index in [1.165, 1.54) is 6.20 Å². The topological polar surface area (TPSA) is 102 Å². The molecule has 2 aromatic heterocycles. The highest BCUT2D eigenvalue weighted by Gasteiger charge is 2.16. The van der Waals surface area contributed by atoms with Crippen LogP contribution in [0.1, 0.15) is 25.1 Å². The summed E-state index contributed by atoms with van der Waals surface area (Å²) in [4.78, 5) is 31.6. The first-order chi connectivity index (χ1) is 13.2. The SMILES string of the molecule is O=C(CCc1nc2c(cnn2-c2ccccc2)c(=O)[nH]1)NC[C@H]1CCCO1. The smallest absolute Gasteiger partial charge is 0.262 e. The zero-order chi connectivity index (χ0) is 18.6. The van der Waals surface area contributed by atoms with Crippen molar-refractivity contribution in [3.8, 4) is 5.69 Å². The lowest BCUT2D eigenvalue weighted by Gasteiger charge is -2.10. The van der Waals surface area contributed by atoms with Crippen LogP contribution in [0.25, 0.3) is 16.7 Å². The molecule has 140 valence electrons. The number of carbonyl (C=O) groups excluding carboxylic acids is 1. The van der Waals surface area contributed by atoms with E-state index in [2.05, 4.69) is 20.4 Å². The molecule has 1 aliphatic rings. The van der Waals surface area contributed by atoms with Gasteiger partial charge >= 0.3 is 0 Å². The van der Waals surface area contributed by atoms with E-state index >= 15 is 0 Å². The number of amides is 1. The molecule has 3 aromatic rings. The number of aromatic amines is 1. The van der Waals surface area contributed by atoms with Gasteiger partial charge in [-0.15, -0.1) is 0 Å². The Bertz CT molecular complexity index is 989. The molecule has 1 atom stereocenters. The third-order valence-electron chi connectivity index (χ3n) is 4.63. The van der Waals surface area contributed by atoms with Crippen molar-refractivity contribution in [1.29, 1.82) is 0 Å². The molecule has 0 spiro atoms. The third-order valence-corrected chi connectivity index (χ3v) is 4.63. The van der Waals surface area contributed by atoms with Gasteiger partial charge in [0.25, 0.3) is 5.56 Å². The van der Waals surface area contributed by atoms with Gasteiger partial charge in [-0.2, -0.15) is 5.10 Å². The Balaban J connectivity index is 1.47. The van der Waals surface area contributed by atoms with Crippen LogP contribution in [0.15, 0.2) is 41.3 Å². The second-order valence-electron chi connectivity index (χ2n) is 6.58. The van der Waals surface area contributed by atoms with Gasteiger partial charge in [0.15, 0.2) is 5.65 Å². The quantitative estimate of drug-likeness (QED) is 0.684. The molecule has 4 rings (SSSR count). The predicted molar refractivity (Wildman–Crippen MR) is 99.8 cm³/mol. The van der Waals surface area contributed by atoms with E-state index in [9.17, 15) is 9.59 Å². The average Bonchev–Trinajstić information content (AvgIpc) is 3.35. The first-order valence-electron chi connectivity index (χ1n) is 9.11. The molecule has 0 saturated carbocycles. The average molecular weight is 367 g/mol. The molecule has 0 unspecified atom stereocenters. The van der Waals surface area contributed by atoms with Crippen LogP contribution in [-0.4, -0.2) is 44.9 Å². The maximum Gasteiger partial charge on any atom is 0.262 e. The van der Waals surface area contributed by atoms with Gasteiger partial charge in [0.1, 0.15) is 11.2 Å². The third kappa shape index (κ3) is 3.90. The molecule has 8 heteroatoms. The van der Waals surface area contributed by atoms with Crippen LogP contribution >= 0.6 is 0 Å². The van der Waals surface area contributed by atoms with Crippen molar-refractivity contribution in [3.63, 3.8) is 0 Å². The number of H-pyrrole nitrogens is 1. The van der Waals surface area contributed by atoms with Crippen molar-refractivity contribution >= 4 is 16.9 Å². The first-order valence-corrected chi connectivity index (χ1v) is 9.11. The Morgan fingerprint density at radius 1 is 1.33 bits per heavy atom. The van der Waals surface area contributed by atoms with Crippen molar-refractivity contribution < 1.29 is 9.53 Å². The van der Waals surface area contributed by atoms with Crippen molar-refractivity contribution in [2.24, 2.45) is 0 Å². The highest BCUT2D eigenvalue weighted by Crippen LogP contribution is 2.14. The molecule has 3 heterocycles. The Labute approximate surface area is 155 Å². The number of fused-ring (bicyclic) bond motifs is 1. The monoisotopic (exact) mass is 367 g/mol. The number of nitrogens with zero attached hydrogens (tertiary/aromatic N) is 3. The van der Waals surface area contributed by atoms with Gasteiger partial charge in [0.2, 0.25) is 5.91 Å². The summed E-state index contributed by atoms with van der Waals surface area (Å²) in [5, 5.41) is 7.58. The zero-order valence-corrected chi connectivity index (χ0v) is 14.9. The van der Waals surface area contributed by atoms with Crippen molar-refractivity contribution in [2.75, 3.05) is 13.2 Å². The van der Waals surface area contributed by atoms with E-state index in [1.807, 2.05) is 30.3 Å². The summed E-state index contributed by atoms with van der Waals surface area (Å²) in [6.07, 6.45) is 4.24. The number of aryl methyl sites for hydroxylation is 1. The van der Waals surface area contributed by atoms with Gasteiger partial charge in [-0.25, -0.2) is 9.67 Å². The minimum Gasteiger partial charge on any atom is -0.376 e. The van der Waals surface area contributed by atoms with Gasteiger partial charge in [-0.05, 0) is 25.0 Å². The predicted octanol–water partition coefficient (Wildman–Crippen LogP) is 1.34. The molecule has 1 fully saturated rings. The van der Waals surface area contributed by atoms with Crippen molar-refractivity contribution in [2.45, 2.75) is 31.8 Å². The molecule has 1 amide bonds. The van der Waals surface area contributed by atoms with Gasteiger partial charge in [-0.1, -0.05) is 18.2 Å². The molecule has 2 N–H and O–H groups in total. The Kier molecular flexibility index (Phi) is 4.97. The molecule has 0 radical (unpaired) electrons. The zero-order valence-electron chi connectivity index (χ0n) is 14.9. The second-order valence-corrected chi connectivity index (χ2v) is 6.58. The highest BCUT2D eigenvalue weighted by molar-refractivity contribution is 5.77. The molecule has 8 nitrogen and oxygen atoms in total. The lowest BCUT2D eigenvalue weighted by Crippen LogP contribution is -2.32. The Morgan fingerprint density at radius 2 is 2.19 bits per heavy atom. The minimum absolute atomic E-state index is 0.0789. The lowest BCUT2D eigenvalue weighted by atomic mass is 10.2. The first kappa shape index (κ1) is 17.4. The number of ether oxygens (including phenoxy) is 1. The summed E-state index contributed by atoms with van der Waals surface area (Å²) in [5.74, 6) is 0.391. The second kappa shape index (κ2) is 7.71. The van der Waals surface area contributed by atoms with Crippen LogP contribution in [0.3, 0.4) is 0 Å².